The fourth-order valence-corrected chi connectivity index (χ4v) is 0.880. The average Bonchev–Trinajstić information content (AvgIpc) is 1.88. The van der Waals surface area contributed by atoms with Crippen molar-refractivity contribution in [3.63, 3.8) is 0 Å². The Morgan fingerprint density at radius 2 is 2.10 bits per heavy atom. The fourth-order valence-electron chi connectivity index (χ4n) is 0.880. The molecule has 2 N–H and O–H groups in total. The molecule has 0 bridgehead atoms. The summed E-state index contributed by atoms with van der Waals surface area (Å²) in [6.07, 6.45) is 0. The van der Waals surface area contributed by atoms with Crippen LogP contribution in [0.25, 0.3) is 0 Å². The summed E-state index contributed by atoms with van der Waals surface area (Å²) in [6, 6.07) is 0. The predicted molar refractivity (Wildman–Crippen MR) is 34.6 cm³/mol. The minimum atomic E-state index is -0.536. The number of nitro groups is 1. The number of hydrogen-bond acceptors (Lipinski definition) is 4. The normalized spacial score (nSPS) is 20.4. The molecule has 0 radical (unpaired) electrons. The lowest BCUT2D eigenvalue weighted by atomic mass is 10.4. The van der Waals surface area contributed by atoms with Crippen molar-refractivity contribution in [1.82, 2.24) is 15.9 Å². The van der Waals surface area contributed by atoms with Crippen molar-refractivity contribution in [2.45, 2.75) is 0 Å². The topological polar surface area (TPSA) is 70.4 Å². The monoisotopic (exact) mass is 146 g/mol. The molecule has 0 aliphatic carbocycles. The van der Waals surface area contributed by atoms with E-state index < -0.39 is 5.03 Å². The van der Waals surface area contributed by atoms with Crippen LogP contribution in [0.15, 0.2) is 0 Å². The Morgan fingerprint density at radius 3 is 2.60 bits per heavy atom. The van der Waals surface area contributed by atoms with Gasteiger partial charge in [0.15, 0.2) is 5.03 Å². The van der Waals surface area contributed by atoms with Gasteiger partial charge in [0.1, 0.15) is 0 Å². The van der Waals surface area contributed by atoms with E-state index >= 15 is 0 Å². The number of rotatable bonds is 2. The lowest BCUT2D eigenvalue weighted by Crippen LogP contribution is -2.52. The SMILES string of the molecule is O=[N+]([O-])NN1CCNCC1. The maximum Gasteiger partial charge on any atom is 0.173 e. The standard InChI is InChI=1S/C4H10N4O2/c9-8(10)6-7-3-1-5-2-4-7/h5-6H,1-4H2. The molecule has 6 nitrogen and oxygen atoms in total. The van der Waals surface area contributed by atoms with Crippen LogP contribution >= 0.6 is 0 Å². The van der Waals surface area contributed by atoms with E-state index in [9.17, 15) is 10.1 Å². The molecular formula is C4H10N4O2. The van der Waals surface area contributed by atoms with Crippen LogP contribution < -0.4 is 10.9 Å². The van der Waals surface area contributed by atoms with Gasteiger partial charge in [-0.3, -0.25) is 0 Å². The first-order chi connectivity index (χ1) is 4.79. The highest BCUT2D eigenvalue weighted by Crippen LogP contribution is 1.84. The van der Waals surface area contributed by atoms with Crippen LogP contribution in [0.2, 0.25) is 0 Å². The first-order valence-corrected chi connectivity index (χ1v) is 3.15. The lowest BCUT2D eigenvalue weighted by Gasteiger charge is -2.22. The number of nitrogens with zero attached hydrogens (tertiary/aromatic N) is 2. The minimum absolute atomic E-state index is 0.536. The van der Waals surface area contributed by atoms with Crippen molar-refractivity contribution in [2.24, 2.45) is 0 Å². The highest BCUT2D eigenvalue weighted by Gasteiger charge is 2.11. The van der Waals surface area contributed by atoms with Crippen LogP contribution in [0.1, 0.15) is 0 Å². The summed E-state index contributed by atoms with van der Waals surface area (Å²) in [5, 5.41) is 14.0. The van der Waals surface area contributed by atoms with Crippen molar-refractivity contribution in [1.29, 1.82) is 0 Å². The second-order valence-corrected chi connectivity index (χ2v) is 2.09. The van der Waals surface area contributed by atoms with Gasteiger partial charge in [-0.1, -0.05) is 5.53 Å². The molecular weight excluding hydrogens is 136 g/mol. The zero-order valence-electron chi connectivity index (χ0n) is 5.54. The summed E-state index contributed by atoms with van der Waals surface area (Å²) in [6.45, 7) is 2.98. The van der Waals surface area contributed by atoms with Crippen molar-refractivity contribution in [3.05, 3.63) is 10.1 Å². The molecule has 0 aromatic rings. The van der Waals surface area contributed by atoms with E-state index in [4.69, 9.17) is 0 Å². The smallest absolute Gasteiger partial charge is 0.173 e. The van der Waals surface area contributed by atoms with Crippen LogP contribution in [0.4, 0.5) is 0 Å². The molecule has 0 unspecified atom stereocenters. The molecule has 0 amide bonds. The quantitative estimate of drug-likeness (QED) is 0.370. The summed E-state index contributed by atoms with van der Waals surface area (Å²) in [4.78, 5) is 9.90. The predicted octanol–water partition coefficient (Wildman–Crippen LogP) is -1.41. The fraction of sp³-hybridized carbons (Fsp3) is 1.00. The van der Waals surface area contributed by atoms with E-state index in [-0.39, 0.29) is 0 Å². The van der Waals surface area contributed by atoms with Gasteiger partial charge < -0.3 is 5.32 Å². The van der Waals surface area contributed by atoms with E-state index in [1.54, 1.807) is 5.01 Å². The van der Waals surface area contributed by atoms with Gasteiger partial charge in [-0.25, -0.2) is 10.1 Å². The molecule has 10 heavy (non-hydrogen) atoms. The van der Waals surface area contributed by atoms with Gasteiger partial charge in [-0.15, -0.1) is 0 Å². The summed E-state index contributed by atoms with van der Waals surface area (Å²) >= 11 is 0. The van der Waals surface area contributed by atoms with Gasteiger partial charge in [0, 0.05) is 26.2 Å². The largest absolute Gasteiger partial charge is 0.314 e. The molecule has 1 fully saturated rings. The van der Waals surface area contributed by atoms with Gasteiger partial charge in [-0.05, 0) is 0 Å². The highest BCUT2D eigenvalue weighted by molar-refractivity contribution is 4.61. The van der Waals surface area contributed by atoms with E-state index in [0.717, 1.165) is 13.1 Å². The van der Waals surface area contributed by atoms with Crippen molar-refractivity contribution < 1.29 is 5.03 Å². The van der Waals surface area contributed by atoms with Crippen molar-refractivity contribution in [2.75, 3.05) is 26.2 Å². The van der Waals surface area contributed by atoms with Gasteiger partial charge in [0.2, 0.25) is 0 Å². The van der Waals surface area contributed by atoms with Gasteiger partial charge in [0.25, 0.3) is 0 Å². The molecule has 1 heterocycles. The molecule has 1 rings (SSSR count). The summed E-state index contributed by atoms with van der Waals surface area (Å²) in [5.74, 6) is 0. The third-order valence-corrected chi connectivity index (χ3v) is 1.34. The second-order valence-electron chi connectivity index (χ2n) is 2.09. The van der Waals surface area contributed by atoms with Crippen LogP contribution in [0.3, 0.4) is 0 Å². The molecule has 1 aliphatic heterocycles. The maximum absolute atomic E-state index is 9.90. The lowest BCUT2D eigenvalue weighted by molar-refractivity contribution is -0.578. The summed E-state index contributed by atoms with van der Waals surface area (Å²) in [7, 11) is 0. The number of hydrogen-bond donors (Lipinski definition) is 2. The Hall–Kier alpha value is -0.880. The van der Waals surface area contributed by atoms with Gasteiger partial charge in [0.05, 0.1) is 0 Å². The highest BCUT2D eigenvalue weighted by atomic mass is 16.7. The van der Waals surface area contributed by atoms with Crippen LogP contribution in [-0.2, 0) is 0 Å². The summed E-state index contributed by atoms with van der Waals surface area (Å²) < 4.78 is 0. The summed E-state index contributed by atoms with van der Waals surface area (Å²) in [5.41, 5.74) is 2.10. The number of nitrogens with one attached hydrogen (secondary N) is 2. The molecule has 6 heteroatoms. The van der Waals surface area contributed by atoms with E-state index in [1.807, 2.05) is 0 Å². The maximum atomic E-state index is 9.90. The van der Waals surface area contributed by atoms with Crippen molar-refractivity contribution >= 4 is 0 Å². The molecule has 0 atom stereocenters. The molecule has 0 spiro atoms. The van der Waals surface area contributed by atoms with Crippen LogP contribution in [-0.4, -0.2) is 36.2 Å². The first-order valence-electron chi connectivity index (χ1n) is 3.15. The second kappa shape index (κ2) is 3.33. The van der Waals surface area contributed by atoms with Gasteiger partial charge in [-0.2, -0.15) is 5.01 Å². The molecule has 58 valence electrons. The van der Waals surface area contributed by atoms with E-state index in [1.165, 1.54) is 0 Å². The zero-order chi connectivity index (χ0) is 7.40. The molecule has 0 aromatic carbocycles. The Morgan fingerprint density at radius 1 is 1.50 bits per heavy atom. The number of piperazine rings is 1. The average molecular weight is 146 g/mol. The van der Waals surface area contributed by atoms with Gasteiger partial charge >= 0.3 is 0 Å². The van der Waals surface area contributed by atoms with E-state index in [2.05, 4.69) is 10.9 Å². The molecule has 1 aliphatic rings. The Kier molecular flexibility index (Phi) is 2.41. The van der Waals surface area contributed by atoms with Crippen LogP contribution in [0, 0.1) is 10.1 Å². The first kappa shape index (κ1) is 7.23. The Bertz CT molecular complexity index is 122. The Balaban J connectivity index is 2.19. The third-order valence-electron chi connectivity index (χ3n) is 1.34. The third kappa shape index (κ3) is 2.16. The molecule has 1 saturated heterocycles. The number of hydrazine groups is 2. The van der Waals surface area contributed by atoms with E-state index in [0.29, 0.717) is 13.1 Å². The van der Waals surface area contributed by atoms with Crippen LogP contribution in [0.5, 0.6) is 0 Å². The molecule has 0 saturated carbocycles. The zero-order valence-corrected chi connectivity index (χ0v) is 5.54. The van der Waals surface area contributed by atoms with Crippen molar-refractivity contribution in [3.8, 4) is 0 Å². The Labute approximate surface area is 58.3 Å². The minimum Gasteiger partial charge on any atom is -0.314 e. The molecule has 0 aromatic heterocycles.